The molecule has 4 aliphatic rings. The Labute approximate surface area is 170 Å². The number of quaternary nitrogens is 1. The van der Waals surface area contributed by atoms with Crippen LogP contribution >= 0.6 is 0 Å². The van der Waals surface area contributed by atoms with Gasteiger partial charge in [0.25, 0.3) is 0 Å². The molecule has 2 aromatic carbocycles. The van der Waals surface area contributed by atoms with Crippen LogP contribution in [0, 0.1) is 0 Å². The zero-order valence-electron chi connectivity index (χ0n) is 16.7. The highest BCUT2D eigenvalue weighted by Crippen LogP contribution is 2.49. The van der Waals surface area contributed by atoms with Crippen molar-refractivity contribution in [1.82, 2.24) is 5.01 Å². The molecule has 1 spiro atoms. The molecule has 1 N–H and O–H groups in total. The van der Waals surface area contributed by atoms with Gasteiger partial charge < -0.3 is 19.1 Å². The summed E-state index contributed by atoms with van der Waals surface area (Å²) in [6, 6.07) is 14.8. The van der Waals surface area contributed by atoms with Crippen LogP contribution in [0.2, 0.25) is 0 Å². The Morgan fingerprint density at radius 1 is 1.07 bits per heavy atom. The molecule has 29 heavy (non-hydrogen) atoms. The maximum atomic E-state index is 6.69. The van der Waals surface area contributed by atoms with Gasteiger partial charge in [0.1, 0.15) is 5.75 Å². The number of hydrazone groups is 1. The minimum atomic E-state index is -0.338. The summed E-state index contributed by atoms with van der Waals surface area (Å²) < 4.78 is 17.7. The van der Waals surface area contributed by atoms with E-state index in [0.29, 0.717) is 6.79 Å². The maximum absolute atomic E-state index is 6.69. The summed E-state index contributed by atoms with van der Waals surface area (Å²) >= 11 is 0. The van der Waals surface area contributed by atoms with Crippen LogP contribution in [0.5, 0.6) is 17.2 Å². The Hall–Kier alpha value is -2.73. The minimum Gasteiger partial charge on any atom is -0.466 e. The molecular weight excluding hydrogens is 366 g/mol. The number of nitrogens with zero attached hydrogens (tertiary/aromatic N) is 2. The van der Waals surface area contributed by atoms with E-state index in [-0.39, 0.29) is 11.8 Å². The first kappa shape index (κ1) is 17.2. The third-order valence-corrected chi connectivity index (χ3v) is 6.85. The summed E-state index contributed by atoms with van der Waals surface area (Å²) in [5, 5.41) is 7.43. The van der Waals surface area contributed by atoms with Crippen LogP contribution in [0.3, 0.4) is 0 Å². The topological polar surface area (TPSA) is 47.7 Å². The number of hydrogen-bond acceptors (Lipinski definition) is 5. The van der Waals surface area contributed by atoms with Crippen LogP contribution in [0.15, 0.2) is 47.6 Å². The molecule has 1 saturated heterocycles. The number of para-hydroxylation sites is 1. The third-order valence-electron chi connectivity index (χ3n) is 6.85. The van der Waals surface area contributed by atoms with Gasteiger partial charge in [-0.25, -0.2) is 5.01 Å². The molecule has 4 heterocycles. The monoisotopic (exact) mass is 392 g/mol. The van der Waals surface area contributed by atoms with Gasteiger partial charge in [0.2, 0.25) is 12.5 Å². The molecule has 0 bridgehead atoms. The zero-order valence-corrected chi connectivity index (χ0v) is 16.7. The predicted molar refractivity (Wildman–Crippen MR) is 109 cm³/mol. The fourth-order valence-electron chi connectivity index (χ4n) is 5.16. The first-order chi connectivity index (χ1) is 14.3. The van der Waals surface area contributed by atoms with Crippen LogP contribution < -0.4 is 19.1 Å². The smallest absolute Gasteiger partial charge is 0.231 e. The van der Waals surface area contributed by atoms with E-state index in [1.807, 2.05) is 6.07 Å². The quantitative estimate of drug-likeness (QED) is 0.853. The van der Waals surface area contributed by atoms with E-state index < -0.39 is 0 Å². The van der Waals surface area contributed by atoms with Gasteiger partial charge in [-0.1, -0.05) is 18.2 Å². The molecule has 4 aliphatic heterocycles. The average Bonchev–Trinajstić information content (AvgIpc) is 3.42. The zero-order chi connectivity index (χ0) is 19.4. The van der Waals surface area contributed by atoms with Crippen molar-refractivity contribution < 1.29 is 19.1 Å². The standard InChI is InChI=1S/C23H25N3O3/c1-2-25-11-9-23(10-12-25)26-19(17-5-3-4-6-20(17)29-23)14-18(24-26)16-7-8-21-22(13-16)28-15-27-21/h3-8,13,19H,2,9-12,14-15H2,1H3/p+1/t19-/m1/s1. The number of benzene rings is 2. The Bertz CT molecular complexity index is 981. The maximum Gasteiger partial charge on any atom is 0.231 e. The van der Waals surface area contributed by atoms with Crippen LogP contribution in [-0.4, -0.2) is 42.9 Å². The summed E-state index contributed by atoms with van der Waals surface area (Å²) in [5.74, 6) is 2.64. The third kappa shape index (κ3) is 2.62. The lowest BCUT2D eigenvalue weighted by Crippen LogP contribution is -3.13. The molecule has 1 atom stereocenters. The molecule has 6 nitrogen and oxygen atoms in total. The molecule has 0 aliphatic carbocycles. The first-order valence-corrected chi connectivity index (χ1v) is 10.6. The number of likely N-dealkylation sites (tertiary alicyclic amines) is 1. The highest BCUT2D eigenvalue weighted by atomic mass is 16.7. The molecule has 2 aromatic rings. The van der Waals surface area contributed by atoms with Gasteiger partial charge in [-0.05, 0) is 31.2 Å². The van der Waals surface area contributed by atoms with E-state index in [2.05, 4.69) is 48.3 Å². The summed E-state index contributed by atoms with van der Waals surface area (Å²) in [6.07, 6.45) is 2.88. The molecule has 0 aromatic heterocycles. The normalized spacial score (nSPS) is 29.3. The minimum absolute atomic E-state index is 0.226. The SMILES string of the molecule is CC[NH+]1CCC2(CC1)Oc1ccccc1[C@H]1CC(c3ccc4c(c3)OCO4)=NN12. The van der Waals surface area contributed by atoms with Crippen LogP contribution in [0.1, 0.15) is 43.4 Å². The van der Waals surface area contributed by atoms with Crippen LogP contribution in [-0.2, 0) is 0 Å². The Morgan fingerprint density at radius 2 is 1.90 bits per heavy atom. The average molecular weight is 392 g/mol. The number of piperidine rings is 1. The van der Waals surface area contributed by atoms with E-state index in [1.165, 1.54) is 12.1 Å². The Balaban J connectivity index is 1.39. The number of hydrogen-bond donors (Lipinski definition) is 1. The van der Waals surface area contributed by atoms with E-state index in [4.69, 9.17) is 19.3 Å². The molecule has 0 amide bonds. The van der Waals surface area contributed by atoms with E-state index in [9.17, 15) is 0 Å². The molecule has 150 valence electrons. The van der Waals surface area contributed by atoms with Crippen molar-refractivity contribution in [2.45, 2.75) is 38.0 Å². The number of ether oxygens (including phenoxy) is 3. The van der Waals surface area contributed by atoms with Crippen LogP contribution in [0.4, 0.5) is 0 Å². The summed E-state index contributed by atoms with van der Waals surface area (Å²) in [7, 11) is 0. The first-order valence-electron chi connectivity index (χ1n) is 10.6. The van der Waals surface area contributed by atoms with Crippen molar-refractivity contribution in [3.8, 4) is 17.2 Å². The van der Waals surface area contributed by atoms with Gasteiger partial charge in [0, 0.05) is 17.5 Å². The second kappa shape index (κ2) is 6.39. The largest absolute Gasteiger partial charge is 0.466 e. The van der Waals surface area contributed by atoms with Gasteiger partial charge in [-0.3, -0.25) is 0 Å². The van der Waals surface area contributed by atoms with Gasteiger partial charge >= 0.3 is 0 Å². The van der Waals surface area contributed by atoms with E-state index in [0.717, 1.165) is 60.9 Å². The van der Waals surface area contributed by atoms with Gasteiger partial charge in [-0.2, -0.15) is 5.10 Å². The van der Waals surface area contributed by atoms with E-state index in [1.54, 1.807) is 4.90 Å². The molecule has 0 unspecified atom stereocenters. The Morgan fingerprint density at radius 3 is 2.76 bits per heavy atom. The summed E-state index contributed by atoms with van der Waals surface area (Å²) in [5.41, 5.74) is 3.10. The number of fused-ring (bicyclic) bond motifs is 5. The summed E-state index contributed by atoms with van der Waals surface area (Å²) in [4.78, 5) is 1.65. The van der Waals surface area contributed by atoms with Crippen molar-refractivity contribution in [3.63, 3.8) is 0 Å². The summed E-state index contributed by atoms with van der Waals surface area (Å²) in [6.45, 7) is 5.97. The molecule has 0 saturated carbocycles. The molecule has 6 heteroatoms. The van der Waals surface area contributed by atoms with Crippen molar-refractivity contribution >= 4 is 5.71 Å². The number of nitrogens with one attached hydrogen (secondary N) is 1. The van der Waals surface area contributed by atoms with Gasteiger partial charge in [-0.15, -0.1) is 0 Å². The second-order valence-corrected chi connectivity index (χ2v) is 8.37. The van der Waals surface area contributed by atoms with Crippen LogP contribution in [0.25, 0.3) is 0 Å². The second-order valence-electron chi connectivity index (χ2n) is 8.37. The molecule has 6 rings (SSSR count). The fraction of sp³-hybridized carbons (Fsp3) is 0.435. The molecule has 0 radical (unpaired) electrons. The van der Waals surface area contributed by atoms with Gasteiger partial charge in [0.15, 0.2) is 11.5 Å². The lowest BCUT2D eigenvalue weighted by molar-refractivity contribution is -0.906. The van der Waals surface area contributed by atoms with Crippen molar-refractivity contribution in [2.75, 3.05) is 26.4 Å². The lowest BCUT2D eigenvalue weighted by atomic mass is 9.90. The highest BCUT2D eigenvalue weighted by Gasteiger charge is 2.52. The molecule has 1 fully saturated rings. The van der Waals surface area contributed by atoms with Crippen molar-refractivity contribution in [3.05, 3.63) is 53.6 Å². The lowest BCUT2D eigenvalue weighted by Gasteiger charge is -2.50. The van der Waals surface area contributed by atoms with Gasteiger partial charge in [0.05, 0.1) is 44.2 Å². The fourth-order valence-corrected chi connectivity index (χ4v) is 5.16. The van der Waals surface area contributed by atoms with Crippen molar-refractivity contribution in [2.24, 2.45) is 5.10 Å². The number of rotatable bonds is 2. The van der Waals surface area contributed by atoms with E-state index >= 15 is 0 Å². The predicted octanol–water partition coefficient (Wildman–Crippen LogP) is 2.35. The highest BCUT2D eigenvalue weighted by molar-refractivity contribution is 6.02. The molecular formula is C23H26N3O3+. The van der Waals surface area contributed by atoms with Crippen molar-refractivity contribution in [1.29, 1.82) is 0 Å². The Kier molecular flexibility index (Phi) is 3.78.